The number of ether oxygens (including phenoxy) is 1. The lowest BCUT2D eigenvalue weighted by molar-refractivity contribution is 0.223. The Balaban J connectivity index is 2.01. The topological polar surface area (TPSA) is 37.6 Å². The molecule has 0 aliphatic carbocycles. The fourth-order valence-electron chi connectivity index (χ4n) is 2.70. The molecule has 0 aliphatic heterocycles. The number of hydrogen-bond donors (Lipinski definition) is 1. The van der Waals surface area contributed by atoms with Crippen molar-refractivity contribution >= 4 is 11.0 Å². The van der Waals surface area contributed by atoms with Crippen molar-refractivity contribution < 1.29 is 9.15 Å². The molecule has 2 aromatic rings. The fraction of sp³-hybridized carbons (Fsp3) is 0.529. The van der Waals surface area contributed by atoms with Gasteiger partial charge in [0.05, 0.1) is 13.7 Å². The third kappa shape index (κ3) is 3.77. The van der Waals surface area contributed by atoms with Crippen molar-refractivity contribution in [2.24, 2.45) is 5.92 Å². The molecule has 116 valence electrons. The zero-order valence-electron chi connectivity index (χ0n) is 13.6. The third-order valence-electron chi connectivity index (χ3n) is 3.86. The van der Waals surface area contributed by atoms with E-state index in [1.807, 2.05) is 18.2 Å². The Bertz CT molecular complexity index is 567. The smallest absolute Gasteiger partial charge is 0.176 e. The number of likely N-dealkylation sites (N-methyl/N-ethyl adjacent to an activating group) is 1. The summed E-state index contributed by atoms with van der Waals surface area (Å²) < 4.78 is 11.2. The minimum absolute atomic E-state index is 0.518. The summed E-state index contributed by atoms with van der Waals surface area (Å²) in [6.07, 6.45) is 0. The van der Waals surface area contributed by atoms with Crippen LogP contribution in [0.25, 0.3) is 11.0 Å². The molecule has 0 spiro atoms. The van der Waals surface area contributed by atoms with Crippen molar-refractivity contribution in [2.45, 2.75) is 26.4 Å². The van der Waals surface area contributed by atoms with Crippen LogP contribution >= 0.6 is 0 Å². The minimum atomic E-state index is 0.518. The highest BCUT2D eigenvalue weighted by Gasteiger charge is 2.15. The van der Waals surface area contributed by atoms with Crippen LogP contribution in [0.3, 0.4) is 0 Å². The molecule has 1 unspecified atom stereocenters. The molecule has 1 aromatic carbocycles. The van der Waals surface area contributed by atoms with Gasteiger partial charge in [0.15, 0.2) is 11.3 Å². The van der Waals surface area contributed by atoms with Crippen LogP contribution in [0.5, 0.6) is 5.75 Å². The first-order valence-corrected chi connectivity index (χ1v) is 7.45. The van der Waals surface area contributed by atoms with Crippen molar-refractivity contribution in [3.8, 4) is 5.75 Å². The van der Waals surface area contributed by atoms with Crippen LogP contribution in [0.2, 0.25) is 0 Å². The number of fused-ring (bicyclic) bond motifs is 1. The van der Waals surface area contributed by atoms with Gasteiger partial charge in [-0.3, -0.25) is 0 Å². The maximum atomic E-state index is 5.89. The first-order valence-electron chi connectivity index (χ1n) is 7.45. The highest BCUT2D eigenvalue weighted by atomic mass is 16.5. The number of hydrogen-bond acceptors (Lipinski definition) is 4. The highest BCUT2D eigenvalue weighted by Crippen LogP contribution is 2.28. The van der Waals surface area contributed by atoms with E-state index in [2.05, 4.69) is 44.2 Å². The molecular formula is C17H26N2O2. The second-order valence-corrected chi connectivity index (χ2v) is 6.00. The SMILES string of the molecule is COc1cccc2cc(CNCC(C(C)C)N(C)C)oc12. The molecule has 1 heterocycles. The Hall–Kier alpha value is -1.52. The molecule has 0 amide bonds. The Labute approximate surface area is 127 Å². The molecular weight excluding hydrogens is 264 g/mol. The molecule has 21 heavy (non-hydrogen) atoms. The summed E-state index contributed by atoms with van der Waals surface area (Å²) in [5, 5.41) is 4.57. The lowest BCUT2D eigenvalue weighted by Crippen LogP contribution is -2.41. The Morgan fingerprint density at radius 1 is 1.29 bits per heavy atom. The van der Waals surface area contributed by atoms with Crippen LogP contribution in [-0.2, 0) is 6.54 Å². The van der Waals surface area contributed by atoms with E-state index in [0.717, 1.165) is 35.6 Å². The molecule has 0 saturated carbocycles. The summed E-state index contributed by atoms with van der Waals surface area (Å²) in [6, 6.07) is 8.54. The van der Waals surface area contributed by atoms with E-state index in [1.165, 1.54) is 0 Å². The molecule has 2 rings (SSSR count). The van der Waals surface area contributed by atoms with Gasteiger partial charge in [0.2, 0.25) is 0 Å². The van der Waals surface area contributed by atoms with Crippen LogP contribution < -0.4 is 10.1 Å². The van der Waals surface area contributed by atoms with Gasteiger partial charge >= 0.3 is 0 Å². The summed E-state index contributed by atoms with van der Waals surface area (Å²) in [5.41, 5.74) is 0.824. The number of para-hydroxylation sites is 1. The van der Waals surface area contributed by atoms with Crippen LogP contribution in [0.15, 0.2) is 28.7 Å². The molecule has 1 N–H and O–H groups in total. The normalized spacial score (nSPS) is 13.3. The molecule has 0 bridgehead atoms. The zero-order valence-corrected chi connectivity index (χ0v) is 13.6. The number of nitrogens with one attached hydrogen (secondary N) is 1. The lowest BCUT2D eigenvalue weighted by Gasteiger charge is -2.28. The highest BCUT2D eigenvalue weighted by molar-refractivity contribution is 5.83. The van der Waals surface area contributed by atoms with Crippen molar-refractivity contribution in [3.05, 3.63) is 30.0 Å². The summed E-state index contributed by atoms with van der Waals surface area (Å²) in [5.74, 6) is 2.34. The van der Waals surface area contributed by atoms with Gasteiger partial charge in [-0.1, -0.05) is 26.0 Å². The average molecular weight is 290 g/mol. The van der Waals surface area contributed by atoms with Crippen molar-refractivity contribution in [3.63, 3.8) is 0 Å². The first kappa shape index (κ1) is 15.9. The summed E-state index contributed by atoms with van der Waals surface area (Å²) in [6.45, 7) is 6.17. The van der Waals surface area contributed by atoms with E-state index in [-0.39, 0.29) is 0 Å². The molecule has 4 nitrogen and oxygen atoms in total. The van der Waals surface area contributed by atoms with E-state index in [4.69, 9.17) is 9.15 Å². The quantitative estimate of drug-likeness (QED) is 0.850. The van der Waals surface area contributed by atoms with Crippen LogP contribution in [0.1, 0.15) is 19.6 Å². The van der Waals surface area contributed by atoms with Crippen molar-refractivity contribution in [2.75, 3.05) is 27.7 Å². The maximum Gasteiger partial charge on any atom is 0.176 e. The van der Waals surface area contributed by atoms with Gasteiger partial charge < -0.3 is 19.4 Å². The van der Waals surface area contributed by atoms with E-state index in [1.54, 1.807) is 7.11 Å². The molecule has 0 radical (unpaired) electrons. The third-order valence-corrected chi connectivity index (χ3v) is 3.86. The van der Waals surface area contributed by atoms with Gasteiger partial charge in [0, 0.05) is 18.0 Å². The van der Waals surface area contributed by atoms with Gasteiger partial charge in [-0.05, 0) is 32.1 Å². The average Bonchev–Trinajstić information content (AvgIpc) is 2.85. The Morgan fingerprint density at radius 3 is 2.67 bits per heavy atom. The van der Waals surface area contributed by atoms with Gasteiger partial charge in [0.1, 0.15) is 5.76 Å². The molecule has 1 aromatic heterocycles. The van der Waals surface area contributed by atoms with Crippen molar-refractivity contribution in [1.29, 1.82) is 0 Å². The minimum Gasteiger partial charge on any atom is -0.493 e. The van der Waals surface area contributed by atoms with Crippen LogP contribution in [0.4, 0.5) is 0 Å². The number of methoxy groups -OCH3 is 1. The number of furan rings is 1. The molecule has 0 aliphatic rings. The summed E-state index contributed by atoms with van der Waals surface area (Å²) >= 11 is 0. The standard InChI is InChI=1S/C17H26N2O2/c1-12(2)15(19(3)4)11-18-10-14-9-13-7-6-8-16(20-5)17(13)21-14/h6-9,12,15,18H,10-11H2,1-5H3. The molecule has 0 fully saturated rings. The molecule has 1 atom stereocenters. The lowest BCUT2D eigenvalue weighted by atomic mass is 10.0. The second-order valence-electron chi connectivity index (χ2n) is 6.00. The number of nitrogens with zero attached hydrogens (tertiary/aromatic N) is 1. The van der Waals surface area contributed by atoms with Crippen LogP contribution in [-0.4, -0.2) is 38.7 Å². The zero-order chi connectivity index (χ0) is 15.4. The second kappa shape index (κ2) is 6.96. The van der Waals surface area contributed by atoms with Gasteiger partial charge in [-0.25, -0.2) is 0 Å². The maximum absolute atomic E-state index is 5.89. The fourth-order valence-corrected chi connectivity index (χ4v) is 2.70. The Morgan fingerprint density at radius 2 is 2.05 bits per heavy atom. The van der Waals surface area contributed by atoms with E-state index in [0.29, 0.717) is 12.0 Å². The van der Waals surface area contributed by atoms with Gasteiger partial charge in [-0.2, -0.15) is 0 Å². The number of rotatable bonds is 7. The first-order chi connectivity index (χ1) is 10.0. The van der Waals surface area contributed by atoms with E-state index >= 15 is 0 Å². The van der Waals surface area contributed by atoms with Crippen LogP contribution in [0, 0.1) is 5.92 Å². The molecule has 4 heteroatoms. The van der Waals surface area contributed by atoms with Gasteiger partial charge in [0.25, 0.3) is 0 Å². The monoisotopic (exact) mass is 290 g/mol. The van der Waals surface area contributed by atoms with E-state index in [9.17, 15) is 0 Å². The summed E-state index contributed by atoms with van der Waals surface area (Å²) in [7, 11) is 5.91. The summed E-state index contributed by atoms with van der Waals surface area (Å²) in [4.78, 5) is 2.26. The predicted octanol–water partition coefficient (Wildman–Crippen LogP) is 3.12. The largest absolute Gasteiger partial charge is 0.493 e. The van der Waals surface area contributed by atoms with E-state index < -0.39 is 0 Å². The Kier molecular flexibility index (Phi) is 5.26. The van der Waals surface area contributed by atoms with Crippen molar-refractivity contribution in [1.82, 2.24) is 10.2 Å². The number of benzene rings is 1. The molecule has 0 saturated heterocycles. The predicted molar refractivity (Wildman–Crippen MR) is 86.8 cm³/mol. The van der Waals surface area contributed by atoms with Gasteiger partial charge in [-0.15, -0.1) is 0 Å².